The average Bonchev–Trinajstić information content (AvgIpc) is 1.87. The number of rotatable bonds is 0. The molecule has 0 bridgehead atoms. The monoisotopic (exact) mass is 138 g/mol. The van der Waals surface area contributed by atoms with Gasteiger partial charge in [0.25, 0.3) is 0 Å². The van der Waals surface area contributed by atoms with Crippen molar-refractivity contribution in [2.75, 3.05) is 5.73 Å². The molecule has 0 atom stereocenters. The van der Waals surface area contributed by atoms with Gasteiger partial charge in [-0.3, -0.25) is 5.10 Å². The molecule has 1 rings (SSSR count). The van der Waals surface area contributed by atoms with Crippen LogP contribution in [0.5, 0.6) is 0 Å². The zero-order valence-electron chi connectivity index (χ0n) is 4.38. The van der Waals surface area contributed by atoms with E-state index in [2.05, 4.69) is 27.8 Å². The van der Waals surface area contributed by atoms with Gasteiger partial charge in [-0.15, -0.1) is 5.10 Å². The fourth-order valence-corrected chi connectivity index (χ4v) is 0.398. The van der Waals surface area contributed by atoms with E-state index in [0.29, 0.717) is 5.16 Å². The number of hydrogen-bond acceptors (Lipinski definition) is 4. The molecular weight excluding hydrogens is 135 g/mol. The largest absolute Gasteiger partial charge is 1.00 e. The number of aromatic amines is 1. The van der Waals surface area contributed by atoms with E-state index in [4.69, 9.17) is 5.73 Å². The summed E-state index contributed by atoms with van der Waals surface area (Å²) < 4.78 is 0. The third-order valence-corrected chi connectivity index (χ3v) is 0.665. The molecule has 0 aromatic carbocycles. The summed E-state index contributed by atoms with van der Waals surface area (Å²) in [5.74, 6) is 0.199. The van der Waals surface area contributed by atoms with Gasteiger partial charge in [0, 0.05) is 5.16 Å². The Kier molecular flexibility index (Phi) is 3.30. The van der Waals surface area contributed by atoms with Crippen molar-refractivity contribution in [3.63, 3.8) is 0 Å². The van der Waals surface area contributed by atoms with Crippen molar-refractivity contribution in [1.29, 1.82) is 0 Å². The van der Waals surface area contributed by atoms with E-state index in [-0.39, 0.29) is 35.5 Å². The Morgan fingerprint density at radius 2 is 2.25 bits per heavy atom. The smallest absolute Gasteiger partial charge is 0.741 e. The molecule has 4 nitrogen and oxygen atoms in total. The minimum atomic E-state index is 0. The van der Waals surface area contributed by atoms with Crippen molar-refractivity contribution in [2.24, 2.45) is 0 Å². The number of hydrogen-bond donors (Lipinski definition) is 2. The Balaban J connectivity index is 0.000000490. The molecule has 1 aromatic heterocycles. The van der Waals surface area contributed by atoms with Gasteiger partial charge in [0.2, 0.25) is 5.95 Å². The van der Waals surface area contributed by atoms with Crippen LogP contribution < -0.4 is 35.3 Å². The number of nitrogens with two attached hydrogens (primary N) is 1. The van der Waals surface area contributed by atoms with Gasteiger partial charge in [-0.25, -0.2) is 4.98 Å². The van der Waals surface area contributed by atoms with Crippen molar-refractivity contribution in [2.45, 2.75) is 5.16 Å². The molecule has 0 radical (unpaired) electrons. The summed E-state index contributed by atoms with van der Waals surface area (Å²) in [4.78, 5) is 3.54. The summed E-state index contributed by atoms with van der Waals surface area (Å²) >= 11 is 4.52. The molecular formula is C2H3N4NaS. The standard InChI is InChI=1S/C2H4N4S.Na/c3-1-4-2(7)6-5-1;/h(H4,3,4,5,6,7);/q;+1/p-1. The summed E-state index contributed by atoms with van der Waals surface area (Å²) in [6.07, 6.45) is 0. The zero-order valence-corrected chi connectivity index (χ0v) is 7.20. The molecule has 0 aliphatic carbocycles. The topological polar surface area (TPSA) is 67.6 Å². The van der Waals surface area contributed by atoms with Crippen molar-refractivity contribution < 1.29 is 29.6 Å². The Morgan fingerprint density at radius 3 is 2.38 bits per heavy atom. The third-order valence-electron chi connectivity index (χ3n) is 0.482. The van der Waals surface area contributed by atoms with Gasteiger partial charge >= 0.3 is 29.6 Å². The fourth-order valence-electron chi connectivity index (χ4n) is 0.259. The predicted octanol–water partition coefficient (Wildman–Crippen LogP) is -3.70. The quantitative estimate of drug-likeness (QED) is 0.286. The van der Waals surface area contributed by atoms with Crippen LogP contribution in [0.25, 0.3) is 0 Å². The molecule has 0 saturated heterocycles. The molecule has 0 spiro atoms. The molecule has 3 N–H and O–H groups in total. The Morgan fingerprint density at radius 1 is 1.62 bits per heavy atom. The Labute approximate surface area is 74.0 Å². The van der Waals surface area contributed by atoms with Crippen LogP contribution in [-0.2, 0) is 12.6 Å². The minimum Gasteiger partial charge on any atom is -0.741 e. The molecule has 0 aliphatic rings. The molecule has 0 unspecified atom stereocenters. The number of nitrogens with zero attached hydrogens (tertiary/aromatic N) is 2. The van der Waals surface area contributed by atoms with Crippen LogP contribution in [0.2, 0.25) is 0 Å². The maximum atomic E-state index is 5.06. The van der Waals surface area contributed by atoms with Crippen molar-refractivity contribution >= 4 is 18.6 Å². The molecule has 0 saturated carbocycles. The third kappa shape index (κ3) is 1.95. The van der Waals surface area contributed by atoms with Gasteiger partial charge < -0.3 is 18.4 Å². The van der Waals surface area contributed by atoms with E-state index >= 15 is 0 Å². The van der Waals surface area contributed by atoms with E-state index in [9.17, 15) is 0 Å². The Bertz CT molecular complexity index is 146. The molecule has 0 amide bonds. The Hall–Kier alpha value is 0.160. The zero-order chi connectivity index (χ0) is 5.28. The molecule has 0 aliphatic heterocycles. The second kappa shape index (κ2) is 3.24. The number of anilines is 1. The van der Waals surface area contributed by atoms with Gasteiger partial charge in [0.1, 0.15) is 0 Å². The van der Waals surface area contributed by atoms with Crippen molar-refractivity contribution in [3.8, 4) is 0 Å². The van der Waals surface area contributed by atoms with Gasteiger partial charge in [-0.1, -0.05) is 0 Å². The fraction of sp³-hybridized carbons (Fsp3) is 0. The number of H-pyrrole nitrogens is 1. The van der Waals surface area contributed by atoms with Crippen LogP contribution in [0.4, 0.5) is 5.95 Å². The first-order valence-corrected chi connectivity index (χ1v) is 2.05. The summed E-state index contributed by atoms with van der Waals surface area (Å²) in [5, 5.41) is 6.18. The van der Waals surface area contributed by atoms with Crippen molar-refractivity contribution in [1.82, 2.24) is 15.2 Å². The first kappa shape index (κ1) is 8.16. The second-order valence-electron chi connectivity index (χ2n) is 0.999. The first-order chi connectivity index (χ1) is 3.29. The van der Waals surface area contributed by atoms with E-state index < -0.39 is 0 Å². The summed E-state index contributed by atoms with van der Waals surface area (Å²) in [5.41, 5.74) is 5.06. The van der Waals surface area contributed by atoms with Crippen LogP contribution in [0.15, 0.2) is 5.16 Å². The van der Waals surface area contributed by atoms with Crippen LogP contribution in [0.1, 0.15) is 0 Å². The number of aromatic nitrogens is 3. The maximum absolute atomic E-state index is 5.06. The summed E-state index contributed by atoms with van der Waals surface area (Å²) in [6.45, 7) is 0. The molecule has 0 fully saturated rings. The van der Waals surface area contributed by atoms with Gasteiger partial charge in [-0.2, -0.15) is 0 Å². The van der Waals surface area contributed by atoms with Crippen LogP contribution >= 0.6 is 0 Å². The minimum absolute atomic E-state index is 0. The summed E-state index contributed by atoms with van der Waals surface area (Å²) in [6, 6.07) is 0. The normalized spacial score (nSPS) is 8.00. The van der Waals surface area contributed by atoms with E-state index in [1.54, 1.807) is 0 Å². The molecule has 1 aromatic rings. The average molecular weight is 138 g/mol. The molecule has 8 heavy (non-hydrogen) atoms. The van der Waals surface area contributed by atoms with Crippen LogP contribution in [-0.4, -0.2) is 15.2 Å². The number of nitrogens with one attached hydrogen (secondary N) is 1. The molecule has 38 valence electrons. The first-order valence-electron chi connectivity index (χ1n) is 1.64. The van der Waals surface area contributed by atoms with E-state index in [1.807, 2.05) is 0 Å². The van der Waals surface area contributed by atoms with E-state index in [0.717, 1.165) is 0 Å². The van der Waals surface area contributed by atoms with Gasteiger partial charge in [0.05, 0.1) is 0 Å². The van der Waals surface area contributed by atoms with Gasteiger partial charge in [0.15, 0.2) is 0 Å². The summed E-state index contributed by atoms with van der Waals surface area (Å²) in [7, 11) is 0. The second-order valence-corrected chi connectivity index (χ2v) is 1.39. The maximum Gasteiger partial charge on any atom is 1.00 e. The SMILES string of the molecule is Nc1n[nH]c([S-])n1.[Na+]. The van der Waals surface area contributed by atoms with Crippen LogP contribution in [0.3, 0.4) is 0 Å². The molecule has 1 heterocycles. The number of nitrogen functional groups attached to an aromatic ring is 1. The predicted molar refractivity (Wildman–Crippen MR) is 26.4 cm³/mol. The van der Waals surface area contributed by atoms with Crippen LogP contribution in [0, 0.1) is 0 Å². The molecule has 6 heteroatoms. The van der Waals surface area contributed by atoms with E-state index in [1.165, 1.54) is 0 Å². The van der Waals surface area contributed by atoms with Crippen molar-refractivity contribution in [3.05, 3.63) is 0 Å². The van der Waals surface area contributed by atoms with Gasteiger partial charge in [-0.05, 0) is 0 Å².